The maximum Gasteiger partial charge on any atom is 0.274 e. The molecule has 0 radical (unpaired) electrons. The number of hydrogen-bond acceptors (Lipinski definition) is 4. The molecule has 1 aliphatic heterocycles. The van der Waals surface area contributed by atoms with E-state index in [2.05, 4.69) is 15.3 Å². The Kier molecular flexibility index (Phi) is 7.14. The average molecular weight is 450 g/mol. The Morgan fingerprint density at radius 1 is 0.970 bits per heavy atom. The molecule has 4 rings (SSSR count). The second-order valence-electron chi connectivity index (χ2n) is 8.27. The number of hydrogen-bond donors (Lipinski definition) is 1. The molecular formula is C25H28FN5O2. The summed E-state index contributed by atoms with van der Waals surface area (Å²) in [6, 6.07) is 18.1. The van der Waals surface area contributed by atoms with E-state index in [0.717, 1.165) is 11.1 Å². The molecule has 0 aliphatic carbocycles. The highest BCUT2D eigenvalue weighted by atomic mass is 19.1. The number of halogens is 1. The van der Waals surface area contributed by atoms with Gasteiger partial charge in [0.15, 0.2) is 5.69 Å². The van der Waals surface area contributed by atoms with Crippen molar-refractivity contribution >= 4 is 17.6 Å². The van der Waals surface area contributed by atoms with Gasteiger partial charge in [-0.2, -0.15) is 5.10 Å². The summed E-state index contributed by atoms with van der Waals surface area (Å²) < 4.78 is 14.9. The van der Waals surface area contributed by atoms with Crippen LogP contribution in [0.5, 0.6) is 0 Å². The number of aryl methyl sites for hydroxylation is 2. The second kappa shape index (κ2) is 10.4. The summed E-state index contributed by atoms with van der Waals surface area (Å²) in [5.74, 6) is -0.00631. The molecule has 0 saturated carbocycles. The fourth-order valence-electron chi connectivity index (χ4n) is 3.96. The van der Waals surface area contributed by atoms with Gasteiger partial charge in [0.2, 0.25) is 5.91 Å². The molecule has 2 aromatic carbocycles. The van der Waals surface area contributed by atoms with E-state index >= 15 is 0 Å². The van der Waals surface area contributed by atoms with Gasteiger partial charge in [0.1, 0.15) is 11.6 Å². The van der Waals surface area contributed by atoms with E-state index in [-0.39, 0.29) is 17.6 Å². The molecular weight excluding hydrogens is 421 g/mol. The number of nitrogens with one attached hydrogen (secondary N) is 1. The van der Waals surface area contributed by atoms with Crippen molar-refractivity contribution in [1.29, 1.82) is 0 Å². The van der Waals surface area contributed by atoms with Crippen LogP contribution in [0.2, 0.25) is 0 Å². The highest BCUT2D eigenvalue weighted by Crippen LogP contribution is 2.15. The van der Waals surface area contributed by atoms with E-state index < -0.39 is 0 Å². The lowest BCUT2D eigenvalue weighted by Gasteiger charge is -2.34. The van der Waals surface area contributed by atoms with Crippen LogP contribution in [-0.4, -0.2) is 57.6 Å². The molecule has 0 atom stereocenters. The standard InChI is InChI=1S/C25H28FN5O2/c1-29-23(27-24(32)11-10-19-6-3-2-4-7-19)17-22(28-29)25(33)31-14-12-30(13-15-31)18-20-8-5-9-21(26)16-20/h2-9,16-17H,10-15,18H2,1H3,(H,27,32). The van der Waals surface area contributed by atoms with E-state index in [9.17, 15) is 14.0 Å². The van der Waals surface area contributed by atoms with E-state index in [0.29, 0.717) is 57.1 Å². The summed E-state index contributed by atoms with van der Waals surface area (Å²) >= 11 is 0. The lowest BCUT2D eigenvalue weighted by Crippen LogP contribution is -2.48. The first-order valence-electron chi connectivity index (χ1n) is 11.1. The predicted molar refractivity (Wildman–Crippen MR) is 124 cm³/mol. The second-order valence-corrected chi connectivity index (χ2v) is 8.27. The lowest BCUT2D eigenvalue weighted by atomic mass is 10.1. The smallest absolute Gasteiger partial charge is 0.274 e. The van der Waals surface area contributed by atoms with E-state index in [4.69, 9.17) is 0 Å². The number of aromatic nitrogens is 2. The molecule has 0 bridgehead atoms. The third-order valence-electron chi connectivity index (χ3n) is 5.80. The Morgan fingerprint density at radius 3 is 2.42 bits per heavy atom. The van der Waals surface area contributed by atoms with Gasteiger partial charge < -0.3 is 10.2 Å². The molecule has 1 saturated heterocycles. The molecule has 1 aliphatic rings. The molecule has 0 spiro atoms. The van der Waals surface area contributed by atoms with Gasteiger partial charge in [-0.05, 0) is 29.7 Å². The van der Waals surface area contributed by atoms with Gasteiger partial charge in [-0.15, -0.1) is 0 Å². The Balaban J connectivity index is 1.28. The van der Waals surface area contributed by atoms with Gasteiger partial charge >= 0.3 is 0 Å². The van der Waals surface area contributed by atoms with Crippen molar-refractivity contribution in [2.45, 2.75) is 19.4 Å². The first-order valence-corrected chi connectivity index (χ1v) is 11.1. The van der Waals surface area contributed by atoms with Crippen LogP contribution in [0.1, 0.15) is 28.0 Å². The molecule has 172 valence electrons. The van der Waals surface area contributed by atoms with Crippen molar-refractivity contribution in [3.63, 3.8) is 0 Å². The first kappa shape index (κ1) is 22.7. The SMILES string of the molecule is Cn1nc(C(=O)N2CCN(Cc3cccc(F)c3)CC2)cc1NC(=O)CCc1ccccc1. The Hall–Kier alpha value is -3.52. The topological polar surface area (TPSA) is 70.5 Å². The van der Waals surface area contributed by atoms with E-state index in [1.807, 2.05) is 36.4 Å². The van der Waals surface area contributed by atoms with Crippen molar-refractivity contribution in [2.75, 3.05) is 31.5 Å². The van der Waals surface area contributed by atoms with Crippen molar-refractivity contribution < 1.29 is 14.0 Å². The number of carbonyl (C=O) groups is 2. The van der Waals surface area contributed by atoms with Crippen LogP contribution in [0.4, 0.5) is 10.2 Å². The van der Waals surface area contributed by atoms with Gasteiger partial charge in [-0.3, -0.25) is 19.2 Å². The van der Waals surface area contributed by atoms with Crippen LogP contribution in [0.3, 0.4) is 0 Å². The predicted octanol–water partition coefficient (Wildman–Crippen LogP) is 3.09. The normalized spacial score (nSPS) is 14.3. The fraction of sp³-hybridized carbons (Fsp3) is 0.320. The van der Waals surface area contributed by atoms with Crippen molar-refractivity contribution in [3.05, 3.63) is 83.3 Å². The van der Waals surface area contributed by atoms with Crippen LogP contribution in [-0.2, 0) is 24.8 Å². The minimum absolute atomic E-state index is 0.119. The molecule has 3 aromatic rings. The Bertz CT molecular complexity index is 1110. The number of piperazine rings is 1. The van der Waals surface area contributed by atoms with Gasteiger partial charge in [0.25, 0.3) is 5.91 Å². The summed E-state index contributed by atoms with van der Waals surface area (Å²) in [6.45, 7) is 3.21. The zero-order valence-electron chi connectivity index (χ0n) is 18.7. The molecule has 0 unspecified atom stereocenters. The number of carbonyl (C=O) groups excluding carboxylic acids is 2. The van der Waals surface area contributed by atoms with Gasteiger partial charge in [0, 0.05) is 52.3 Å². The third-order valence-corrected chi connectivity index (χ3v) is 5.80. The largest absolute Gasteiger partial charge is 0.335 e. The highest BCUT2D eigenvalue weighted by Gasteiger charge is 2.25. The van der Waals surface area contributed by atoms with E-state index in [1.165, 1.54) is 10.7 Å². The maximum absolute atomic E-state index is 13.4. The number of amides is 2. The van der Waals surface area contributed by atoms with Crippen LogP contribution >= 0.6 is 0 Å². The Labute approximate surface area is 192 Å². The maximum atomic E-state index is 13.4. The van der Waals surface area contributed by atoms with Gasteiger partial charge in [-0.25, -0.2) is 4.39 Å². The van der Waals surface area contributed by atoms with Crippen LogP contribution in [0.15, 0.2) is 60.7 Å². The van der Waals surface area contributed by atoms with Gasteiger partial charge in [0.05, 0.1) is 0 Å². The summed E-state index contributed by atoms with van der Waals surface area (Å²) in [5, 5.41) is 7.16. The molecule has 33 heavy (non-hydrogen) atoms. The number of nitrogens with zero attached hydrogens (tertiary/aromatic N) is 4. The first-order chi connectivity index (χ1) is 16.0. The molecule has 2 heterocycles. The van der Waals surface area contributed by atoms with Crippen LogP contribution < -0.4 is 5.32 Å². The monoisotopic (exact) mass is 449 g/mol. The number of benzene rings is 2. The van der Waals surface area contributed by atoms with Crippen molar-refractivity contribution in [2.24, 2.45) is 7.05 Å². The lowest BCUT2D eigenvalue weighted by molar-refractivity contribution is -0.116. The van der Waals surface area contributed by atoms with Gasteiger partial charge in [-0.1, -0.05) is 42.5 Å². The van der Waals surface area contributed by atoms with Crippen molar-refractivity contribution in [3.8, 4) is 0 Å². The molecule has 1 aromatic heterocycles. The molecule has 2 amide bonds. The molecule has 1 N–H and O–H groups in total. The third kappa shape index (κ3) is 6.04. The minimum Gasteiger partial charge on any atom is -0.335 e. The van der Waals surface area contributed by atoms with E-state index in [1.54, 1.807) is 30.1 Å². The number of rotatable bonds is 7. The Morgan fingerprint density at radius 2 is 1.70 bits per heavy atom. The van der Waals surface area contributed by atoms with Crippen LogP contribution in [0.25, 0.3) is 0 Å². The molecule has 1 fully saturated rings. The molecule has 8 heteroatoms. The highest BCUT2D eigenvalue weighted by molar-refractivity contribution is 5.95. The summed E-state index contributed by atoms with van der Waals surface area (Å²) in [7, 11) is 1.71. The van der Waals surface area contributed by atoms with Crippen LogP contribution in [0, 0.1) is 5.82 Å². The molecule has 7 nitrogen and oxygen atoms in total. The fourth-order valence-corrected chi connectivity index (χ4v) is 3.96. The zero-order valence-corrected chi connectivity index (χ0v) is 18.7. The zero-order chi connectivity index (χ0) is 23.2. The summed E-state index contributed by atoms with van der Waals surface area (Å²) in [6.07, 6.45) is 1.00. The quantitative estimate of drug-likeness (QED) is 0.602. The summed E-state index contributed by atoms with van der Waals surface area (Å²) in [5.41, 5.74) is 2.34. The van der Waals surface area contributed by atoms with Crippen molar-refractivity contribution in [1.82, 2.24) is 19.6 Å². The number of anilines is 1. The minimum atomic E-state index is -0.237. The average Bonchev–Trinajstić information content (AvgIpc) is 3.18. The summed E-state index contributed by atoms with van der Waals surface area (Å²) in [4.78, 5) is 29.3.